The highest BCUT2D eigenvalue weighted by atomic mass is 32.2. The van der Waals surface area contributed by atoms with E-state index in [1.807, 2.05) is 37.6 Å². The number of benzene rings is 3. The number of thiazole rings is 1. The summed E-state index contributed by atoms with van der Waals surface area (Å²) in [6.45, 7) is 4.03. The molecule has 0 spiro atoms. The van der Waals surface area contributed by atoms with Crippen LogP contribution in [0.5, 0.6) is 0 Å². The summed E-state index contributed by atoms with van der Waals surface area (Å²) in [6.07, 6.45) is 0. The fourth-order valence-corrected chi connectivity index (χ4v) is 5.58. The second-order valence-electron chi connectivity index (χ2n) is 7.38. The Morgan fingerprint density at radius 1 is 1.03 bits per heavy atom. The van der Waals surface area contributed by atoms with Crippen molar-refractivity contribution < 1.29 is 17.6 Å². The predicted octanol–water partition coefficient (Wildman–Crippen LogP) is 4.54. The number of nitrogens with zero attached hydrogens (tertiary/aromatic N) is 2. The molecule has 4 rings (SSSR count). The van der Waals surface area contributed by atoms with Crippen molar-refractivity contribution >= 4 is 43.2 Å². The summed E-state index contributed by atoms with van der Waals surface area (Å²) < 4.78 is 43.6. The van der Waals surface area contributed by atoms with Crippen LogP contribution < -0.4 is 9.52 Å². The molecule has 6 nitrogen and oxygen atoms in total. The third-order valence-electron chi connectivity index (χ3n) is 5.03. The number of halogens is 1. The number of aryl methyl sites for hydroxylation is 3. The van der Waals surface area contributed by atoms with Gasteiger partial charge in [-0.25, -0.2) is 12.8 Å². The molecule has 0 aliphatic carbocycles. The van der Waals surface area contributed by atoms with Crippen molar-refractivity contribution in [2.45, 2.75) is 18.7 Å². The minimum atomic E-state index is -3.93. The lowest BCUT2D eigenvalue weighted by Crippen LogP contribution is -2.15. The number of aromatic nitrogens is 1. The first-order chi connectivity index (χ1) is 15.2. The van der Waals surface area contributed by atoms with E-state index in [2.05, 4.69) is 9.71 Å². The van der Waals surface area contributed by atoms with Crippen molar-refractivity contribution in [1.82, 2.24) is 4.57 Å². The minimum Gasteiger partial charge on any atom is -0.319 e. The van der Waals surface area contributed by atoms with E-state index in [-0.39, 0.29) is 16.1 Å². The van der Waals surface area contributed by atoms with Gasteiger partial charge in [-0.15, -0.1) is 0 Å². The number of sulfonamides is 1. The van der Waals surface area contributed by atoms with E-state index in [0.29, 0.717) is 4.80 Å². The molecule has 4 aromatic rings. The van der Waals surface area contributed by atoms with Gasteiger partial charge in [-0.2, -0.15) is 4.99 Å². The first-order valence-corrected chi connectivity index (χ1v) is 12.0. The highest BCUT2D eigenvalue weighted by molar-refractivity contribution is 7.92. The largest absolute Gasteiger partial charge is 0.319 e. The van der Waals surface area contributed by atoms with Crippen LogP contribution in [0.25, 0.3) is 10.2 Å². The van der Waals surface area contributed by atoms with Gasteiger partial charge < -0.3 is 4.57 Å². The SMILES string of the molecule is Cc1ccc(C)c2c1sc(=NC(=O)c1cccc(NS(=O)(=O)c3ccc(F)cc3)c1)n2C. The number of carbonyl (C=O) groups excluding carboxylic acids is 1. The van der Waals surface area contributed by atoms with Crippen LogP contribution in [-0.2, 0) is 17.1 Å². The normalized spacial score (nSPS) is 12.3. The van der Waals surface area contributed by atoms with Crippen molar-refractivity contribution in [3.8, 4) is 0 Å². The second kappa shape index (κ2) is 8.33. The smallest absolute Gasteiger partial charge is 0.279 e. The van der Waals surface area contributed by atoms with Gasteiger partial charge in [-0.05, 0) is 67.4 Å². The Morgan fingerprint density at radius 3 is 2.41 bits per heavy atom. The van der Waals surface area contributed by atoms with Crippen LogP contribution >= 0.6 is 11.3 Å². The Balaban J connectivity index is 1.67. The van der Waals surface area contributed by atoms with Crippen molar-refractivity contribution in [3.05, 3.63) is 88.0 Å². The van der Waals surface area contributed by atoms with Crippen molar-refractivity contribution in [3.63, 3.8) is 0 Å². The molecule has 0 saturated heterocycles. The van der Waals surface area contributed by atoms with Gasteiger partial charge in [0.15, 0.2) is 4.80 Å². The lowest BCUT2D eigenvalue weighted by atomic mass is 10.1. The van der Waals surface area contributed by atoms with Gasteiger partial charge in [-0.1, -0.05) is 29.5 Å². The van der Waals surface area contributed by atoms with Gasteiger partial charge in [0.1, 0.15) is 5.82 Å². The van der Waals surface area contributed by atoms with Crippen LogP contribution in [0.15, 0.2) is 70.6 Å². The highest BCUT2D eigenvalue weighted by Gasteiger charge is 2.16. The number of rotatable bonds is 4. The predicted molar refractivity (Wildman–Crippen MR) is 124 cm³/mol. The fraction of sp³-hybridized carbons (Fsp3) is 0.130. The fourth-order valence-electron chi connectivity index (χ4n) is 3.36. The highest BCUT2D eigenvalue weighted by Crippen LogP contribution is 2.24. The van der Waals surface area contributed by atoms with Gasteiger partial charge in [0.25, 0.3) is 15.9 Å². The summed E-state index contributed by atoms with van der Waals surface area (Å²) in [6, 6.07) is 14.7. The minimum absolute atomic E-state index is 0.0802. The maximum absolute atomic E-state index is 13.1. The average molecular weight is 470 g/mol. The van der Waals surface area contributed by atoms with E-state index < -0.39 is 21.7 Å². The summed E-state index contributed by atoms with van der Waals surface area (Å²) in [5, 5.41) is 0. The Morgan fingerprint density at radius 2 is 1.72 bits per heavy atom. The lowest BCUT2D eigenvalue weighted by molar-refractivity contribution is 0.0998. The van der Waals surface area contributed by atoms with E-state index >= 15 is 0 Å². The van der Waals surface area contributed by atoms with Crippen LogP contribution in [-0.4, -0.2) is 18.9 Å². The maximum atomic E-state index is 13.1. The van der Waals surface area contributed by atoms with Gasteiger partial charge in [0.2, 0.25) is 0 Å². The Labute approximate surface area is 188 Å². The summed E-state index contributed by atoms with van der Waals surface area (Å²) in [5.74, 6) is -1.01. The molecule has 0 aliphatic heterocycles. The molecule has 0 atom stereocenters. The third kappa shape index (κ3) is 4.21. The number of anilines is 1. The zero-order chi connectivity index (χ0) is 23.0. The number of hydrogen-bond donors (Lipinski definition) is 1. The molecule has 1 N–H and O–H groups in total. The molecule has 164 valence electrons. The van der Waals surface area contributed by atoms with Crippen molar-refractivity contribution in [1.29, 1.82) is 0 Å². The topological polar surface area (TPSA) is 80.5 Å². The monoisotopic (exact) mass is 469 g/mol. The second-order valence-corrected chi connectivity index (χ2v) is 10.0. The molecular weight excluding hydrogens is 449 g/mol. The molecule has 9 heteroatoms. The quantitative estimate of drug-likeness (QED) is 0.477. The molecule has 0 saturated carbocycles. The first-order valence-electron chi connectivity index (χ1n) is 9.69. The molecule has 1 heterocycles. The van der Waals surface area contributed by atoms with Crippen LogP contribution in [0.4, 0.5) is 10.1 Å². The van der Waals surface area contributed by atoms with Crippen LogP contribution in [0.2, 0.25) is 0 Å². The molecule has 1 aromatic heterocycles. The number of fused-ring (bicyclic) bond motifs is 1. The first kappa shape index (κ1) is 21.9. The molecule has 0 bridgehead atoms. The summed E-state index contributed by atoms with van der Waals surface area (Å²) in [5.41, 5.74) is 3.69. The maximum Gasteiger partial charge on any atom is 0.279 e. The van der Waals surface area contributed by atoms with E-state index in [1.165, 1.54) is 35.6 Å². The molecule has 3 aromatic carbocycles. The van der Waals surface area contributed by atoms with Crippen molar-refractivity contribution in [2.75, 3.05) is 4.72 Å². The third-order valence-corrected chi connectivity index (χ3v) is 7.69. The average Bonchev–Trinajstić information content (AvgIpc) is 3.08. The molecule has 0 fully saturated rings. The molecule has 0 unspecified atom stereocenters. The van der Waals surface area contributed by atoms with E-state index in [4.69, 9.17) is 0 Å². The van der Waals surface area contributed by atoms with E-state index in [0.717, 1.165) is 33.5 Å². The molecule has 0 aliphatic rings. The Bertz CT molecular complexity index is 1520. The van der Waals surface area contributed by atoms with Gasteiger partial charge in [-0.3, -0.25) is 9.52 Å². The summed E-state index contributed by atoms with van der Waals surface area (Å²) in [4.78, 5) is 17.6. The Hall–Kier alpha value is -3.30. The van der Waals surface area contributed by atoms with Crippen LogP contribution in [0.1, 0.15) is 21.5 Å². The molecule has 1 amide bonds. The summed E-state index contributed by atoms with van der Waals surface area (Å²) in [7, 11) is -2.06. The number of carbonyl (C=O) groups is 1. The van der Waals surface area contributed by atoms with Gasteiger partial charge >= 0.3 is 0 Å². The van der Waals surface area contributed by atoms with E-state index in [9.17, 15) is 17.6 Å². The number of nitrogens with one attached hydrogen (secondary N) is 1. The molecule has 32 heavy (non-hydrogen) atoms. The number of hydrogen-bond acceptors (Lipinski definition) is 4. The molecular formula is C23H20FN3O3S2. The lowest BCUT2D eigenvalue weighted by Gasteiger charge is -2.08. The summed E-state index contributed by atoms with van der Waals surface area (Å²) >= 11 is 1.43. The van der Waals surface area contributed by atoms with Gasteiger partial charge in [0.05, 0.1) is 15.1 Å². The molecule has 0 radical (unpaired) electrons. The standard InChI is InChI=1S/C23H20FN3O3S2/c1-14-7-8-15(2)21-20(14)27(3)23(31-21)25-22(28)16-5-4-6-18(13-16)26-32(29,30)19-11-9-17(24)10-12-19/h4-13,26H,1-3H3. The Kier molecular flexibility index (Phi) is 5.70. The van der Waals surface area contributed by atoms with Gasteiger partial charge in [0, 0.05) is 18.3 Å². The van der Waals surface area contributed by atoms with E-state index in [1.54, 1.807) is 12.1 Å². The van der Waals surface area contributed by atoms with Crippen LogP contribution in [0.3, 0.4) is 0 Å². The number of amides is 1. The zero-order valence-electron chi connectivity index (χ0n) is 17.6. The zero-order valence-corrected chi connectivity index (χ0v) is 19.2. The van der Waals surface area contributed by atoms with Crippen LogP contribution in [0, 0.1) is 19.7 Å². The van der Waals surface area contributed by atoms with Crippen molar-refractivity contribution in [2.24, 2.45) is 12.0 Å².